The Balaban J connectivity index is 1.96. The lowest BCUT2D eigenvalue weighted by molar-refractivity contribution is -0.164. The van der Waals surface area contributed by atoms with Gasteiger partial charge in [0.1, 0.15) is 11.5 Å². The molecule has 1 aliphatic heterocycles. The van der Waals surface area contributed by atoms with Crippen molar-refractivity contribution in [3.63, 3.8) is 0 Å². The van der Waals surface area contributed by atoms with Gasteiger partial charge in [-0.2, -0.15) is 0 Å². The van der Waals surface area contributed by atoms with Gasteiger partial charge >= 0.3 is 0 Å². The number of hydrogen-bond donors (Lipinski definition) is 1. The van der Waals surface area contributed by atoms with Gasteiger partial charge in [-0.05, 0) is 44.4 Å². The van der Waals surface area contributed by atoms with Crippen molar-refractivity contribution < 1.29 is 9.15 Å². The van der Waals surface area contributed by atoms with Gasteiger partial charge in [0.05, 0.1) is 18.6 Å². The molecule has 0 amide bonds. The minimum absolute atomic E-state index is 0.128. The van der Waals surface area contributed by atoms with Gasteiger partial charge in [-0.25, -0.2) is 0 Å². The third-order valence-corrected chi connectivity index (χ3v) is 4.75. The highest BCUT2D eigenvalue weighted by Gasteiger charge is 2.61. The van der Waals surface area contributed by atoms with Gasteiger partial charge in [0.15, 0.2) is 0 Å². The Labute approximate surface area is 103 Å². The van der Waals surface area contributed by atoms with Crippen molar-refractivity contribution in [2.24, 2.45) is 5.41 Å². The molecule has 17 heavy (non-hydrogen) atoms. The quantitative estimate of drug-likeness (QED) is 0.869. The van der Waals surface area contributed by atoms with Gasteiger partial charge in [0.25, 0.3) is 0 Å². The smallest absolute Gasteiger partial charge is 0.115 e. The molecule has 1 aliphatic carbocycles. The lowest BCUT2D eigenvalue weighted by Crippen LogP contribution is -2.64. The van der Waals surface area contributed by atoms with Crippen LogP contribution in [0.15, 0.2) is 16.5 Å². The average Bonchev–Trinajstić information content (AvgIpc) is 2.59. The number of rotatable bonds is 4. The summed E-state index contributed by atoms with van der Waals surface area (Å²) in [7, 11) is 2.04. The lowest BCUT2D eigenvalue weighted by Gasteiger charge is -2.59. The summed E-state index contributed by atoms with van der Waals surface area (Å²) >= 11 is 0. The lowest BCUT2D eigenvalue weighted by atomic mass is 9.51. The molecule has 1 saturated carbocycles. The Morgan fingerprint density at radius 2 is 2.06 bits per heavy atom. The van der Waals surface area contributed by atoms with Gasteiger partial charge in [-0.1, -0.05) is 6.42 Å². The third kappa shape index (κ3) is 1.42. The van der Waals surface area contributed by atoms with Crippen molar-refractivity contribution in [1.82, 2.24) is 5.32 Å². The summed E-state index contributed by atoms with van der Waals surface area (Å²) in [5.41, 5.74) is 0.479. The first-order valence-electron chi connectivity index (χ1n) is 6.52. The Morgan fingerprint density at radius 3 is 2.41 bits per heavy atom. The van der Waals surface area contributed by atoms with Gasteiger partial charge in [-0.15, -0.1) is 0 Å². The number of furan rings is 1. The Kier molecular flexibility index (Phi) is 2.56. The van der Waals surface area contributed by atoms with E-state index in [-0.39, 0.29) is 5.41 Å². The van der Waals surface area contributed by atoms with Crippen molar-refractivity contribution in [3.8, 4) is 0 Å². The van der Waals surface area contributed by atoms with Crippen molar-refractivity contribution in [2.45, 2.75) is 31.6 Å². The first-order valence-corrected chi connectivity index (χ1v) is 6.52. The molecule has 0 aromatic carbocycles. The van der Waals surface area contributed by atoms with Crippen molar-refractivity contribution in [2.75, 3.05) is 26.8 Å². The zero-order valence-electron chi connectivity index (χ0n) is 10.7. The largest absolute Gasteiger partial charge is 0.466 e. The fraction of sp³-hybridized carbons (Fsp3) is 0.714. The molecule has 2 aliphatic rings. The molecule has 1 N–H and O–H groups in total. The second kappa shape index (κ2) is 3.85. The SMILES string of the molecule is CNCC1(C2(c3ccc(C)o3)COC2)CCC1. The molecule has 1 saturated heterocycles. The van der Waals surface area contributed by atoms with E-state index in [0.717, 1.165) is 31.3 Å². The Bertz CT molecular complexity index is 402. The molecule has 0 radical (unpaired) electrons. The molecule has 3 nitrogen and oxygen atoms in total. The predicted molar refractivity (Wildman–Crippen MR) is 66.2 cm³/mol. The maximum Gasteiger partial charge on any atom is 0.115 e. The monoisotopic (exact) mass is 235 g/mol. The van der Waals surface area contributed by atoms with E-state index in [4.69, 9.17) is 9.15 Å². The number of hydrogen-bond acceptors (Lipinski definition) is 3. The highest BCUT2D eigenvalue weighted by molar-refractivity contribution is 5.27. The summed E-state index contributed by atoms with van der Waals surface area (Å²) < 4.78 is 11.5. The van der Waals surface area contributed by atoms with Crippen LogP contribution >= 0.6 is 0 Å². The van der Waals surface area contributed by atoms with Gasteiger partial charge < -0.3 is 14.5 Å². The fourth-order valence-corrected chi connectivity index (χ4v) is 3.47. The molecule has 2 heterocycles. The van der Waals surface area contributed by atoms with Crippen LogP contribution in [0.4, 0.5) is 0 Å². The first-order chi connectivity index (χ1) is 8.22. The van der Waals surface area contributed by atoms with Gasteiger partial charge in [0, 0.05) is 6.54 Å². The van der Waals surface area contributed by atoms with E-state index in [9.17, 15) is 0 Å². The zero-order valence-corrected chi connectivity index (χ0v) is 10.7. The van der Waals surface area contributed by atoms with Gasteiger partial charge in [0.2, 0.25) is 0 Å². The fourth-order valence-electron chi connectivity index (χ4n) is 3.47. The molecule has 1 aromatic rings. The molecular formula is C14H21NO2. The van der Waals surface area contributed by atoms with Crippen LogP contribution in [0.25, 0.3) is 0 Å². The standard InChI is InChI=1S/C14H21NO2/c1-11-4-5-12(17-11)14(9-16-10-14)13(8-15-2)6-3-7-13/h4-5,15H,3,6-10H2,1-2H3. The third-order valence-electron chi connectivity index (χ3n) is 4.75. The summed E-state index contributed by atoms with van der Waals surface area (Å²) in [5.74, 6) is 2.14. The molecule has 3 rings (SSSR count). The zero-order chi connectivity index (χ0) is 11.9. The topological polar surface area (TPSA) is 34.4 Å². The van der Waals surface area contributed by atoms with E-state index in [2.05, 4.69) is 17.4 Å². The van der Waals surface area contributed by atoms with Crippen LogP contribution in [-0.4, -0.2) is 26.8 Å². The van der Waals surface area contributed by atoms with Crippen LogP contribution in [0.3, 0.4) is 0 Å². The molecule has 0 unspecified atom stereocenters. The van der Waals surface area contributed by atoms with E-state index >= 15 is 0 Å². The molecule has 2 fully saturated rings. The van der Waals surface area contributed by atoms with Crippen LogP contribution < -0.4 is 5.32 Å². The summed E-state index contributed by atoms with van der Waals surface area (Å²) in [5, 5.41) is 3.36. The second-order valence-electron chi connectivity index (χ2n) is 5.65. The number of ether oxygens (including phenoxy) is 1. The van der Waals surface area contributed by atoms with E-state index in [1.165, 1.54) is 19.3 Å². The molecular weight excluding hydrogens is 214 g/mol. The summed E-state index contributed by atoms with van der Waals surface area (Å²) in [6.45, 7) is 4.72. The normalized spacial score (nSPS) is 25.1. The Morgan fingerprint density at radius 1 is 1.29 bits per heavy atom. The summed E-state index contributed by atoms with van der Waals surface area (Å²) in [6, 6.07) is 4.22. The number of aryl methyl sites for hydroxylation is 1. The molecule has 0 bridgehead atoms. The van der Waals surface area contributed by atoms with Crippen molar-refractivity contribution >= 4 is 0 Å². The van der Waals surface area contributed by atoms with E-state index in [0.29, 0.717) is 5.41 Å². The summed E-state index contributed by atoms with van der Waals surface area (Å²) in [6.07, 6.45) is 3.91. The van der Waals surface area contributed by atoms with E-state index in [1.54, 1.807) is 0 Å². The summed E-state index contributed by atoms with van der Waals surface area (Å²) in [4.78, 5) is 0. The minimum atomic E-state index is 0.128. The molecule has 94 valence electrons. The van der Waals surface area contributed by atoms with Crippen LogP contribution in [0, 0.1) is 12.3 Å². The van der Waals surface area contributed by atoms with Crippen LogP contribution in [0.5, 0.6) is 0 Å². The highest BCUT2D eigenvalue weighted by atomic mass is 16.5. The number of nitrogens with one attached hydrogen (secondary N) is 1. The van der Waals surface area contributed by atoms with Crippen molar-refractivity contribution in [1.29, 1.82) is 0 Å². The van der Waals surface area contributed by atoms with Gasteiger partial charge in [-0.3, -0.25) is 0 Å². The maximum absolute atomic E-state index is 5.91. The van der Waals surface area contributed by atoms with E-state index < -0.39 is 0 Å². The molecule has 1 aromatic heterocycles. The highest BCUT2D eigenvalue weighted by Crippen LogP contribution is 2.58. The molecule has 3 heteroatoms. The van der Waals surface area contributed by atoms with Crippen molar-refractivity contribution in [3.05, 3.63) is 23.7 Å². The predicted octanol–water partition coefficient (Wildman–Crippen LogP) is 2.25. The average molecular weight is 235 g/mol. The minimum Gasteiger partial charge on any atom is -0.466 e. The van der Waals surface area contributed by atoms with Crippen LogP contribution in [0.2, 0.25) is 0 Å². The molecule has 0 atom stereocenters. The van der Waals surface area contributed by atoms with Crippen LogP contribution in [-0.2, 0) is 10.2 Å². The maximum atomic E-state index is 5.91. The first kappa shape index (κ1) is 11.3. The van der Waals surface area contributed by atoms with Crippen LogP contribution in [0.1, 0.15) is 30.8 Å². The Hall–Kier alpha value is -0.800. The van der Waals surface area contributed by atoms with E-state index in [1.807, 2.05) is 14.0 Å². The second-order valence-corrected chi connectivity index (χ2v) is 5.65. The molecule has 0 spiro atoms.